The highest BCUT2D eigenvalue weighted by molar-refractivity contribution is 6.09. The van der Waals surface area contributed by atoms with Crippen molar-refractivity contribution in [2.24, 2.45) is 13.0 Å². The van der Waals surface area contributed by atoms with E-state index in [9.17, 15) is 4.79 Å². The molecule has 5 heterocycles. The Morgan fingerprint density at radius 1 is 1.23 bits per heavy atom. The minimum Gasteiger partial charge on any atom is -0.328 e. The molecule has 6 rings (SSSR count). The van der Waals surface area contributed by atoms with E-state index in [1.54, 1.807) is 0 Å². The standard InChI is InChI=1S/C17H20N4O/c1-19-14-4-2-3-12-16(14)13(18-19)9-21(17(12)22)15-10-20-7-5-11(15)6-8-20/h2-4,11,15H,5-10H2,1H3/t15-/m0/s1. The molecule has 2 aromatic rings. The van der Waals surface area contributed by atoms with Gasteiger partial charge in [-0.1, -0.05) is 6.07 Å². The summed E-state index contributed by atoms with van der Waals surface area (Å²) in [5.41, 5.74) is 2.96. The highest BCUT2D eigenvalue weighted by atomic mass is 16.2. The average Bonchev–Trinajstić information content (AvgIpc) is 2.89. The van der Waals surface area contributed by atoms with Gasteiger partial charge in [-0.2, -0.15) is 5.10 Å². The number of fused-ring (bicyclic) bond motifs is 3. The number of amides is 1. The van der Waals surface area contributed by atoms with Gasteiger partial charge in [0.2, 0.25) is 0 Å². The van der Waals surface area contributed by atoms with Crippen molar-refractivity contribution in [3.05, 3.63) is 29.5 Å². The van der Waals surface area contributed by atoms with Gasteiger partial charge in [-0.3, -0.25) is 9.48 Å². The molecule has 0 unspecified atom stereocenters. The van der Waals surface area contributed by atoms with E-state index in [1.165, 1.54) is 25.9 Å². The van der Waals surface area contributed by atoms with E-state index < -0.39 is 0 Å². The van der Waals surface area contributed by atoms with Gasteiger partial charge in [0.15, 0.2) is 0 Å². The van der Waals surface area contributed by atoms with Crippen LogP contribution in [0.25, 0.3) is 10.9 Å². The molecule has 1 aromatic heterocycles. The maximum absolute atomic E-state index is 13.1. The summed E-state index contributed by atoms with van der Waals surface area (Å²) in [5, 5.41) is 5.73. The third-order valence-corrected chi connectivity index (χ3v) is 5.78. The van der Waals surface area contributed by atoms with Crippen molar-refractivity contribution in [1.29, 1.82) is 0 Å². The van der Waals surface area contributed by atoms with Crippen molar-refractivity contribution >= 4 is 16.8 Å². The van der Waals surface area contributed by atoms with Crippen LogP contribution < -0.4 is 0 Å². The molecule has 4 aliphatic rings. The molecule has 4 aliphatic heterocycles. The zero-order chi connectivity index (χ0) is 14.8. The zero-order valence-electron chi connectivity index (χ0n) is 12.8. The van der Waals surface area contributed by atoms with Crippen LogP contribution in [0.4, 0.5) is 0 Å². The number of carbonyl (C=O) groups excluding carboxylic acids is 1. The average molecular weight is 296 g/mol. The molecule has 5 heteroatoms. The van der Waals surface area contributed by atoms with Crippen molar-refractivity contribution < 1.29 is 4.79 Å². The SMILES string of the molecule is Cn1nc2c3c(cccc31)C(=O)N([C@H]1CN3CCC1CC3)C2. The summed E-state index contributed by atoms with van der Waals surface area (Å²) in [6, 6.07) is 6.34. The first-order valence-electron chi connectivity index (χ1n) is 8.20. The Morgan fingerprint density at radius 3 is 2.77 bits per heavy atom. The highest BCUT2D eigenvalue weighted by Gasteiger charge is 2.41. The molecule has 1 atom stereocenters. The van der Waals surface area contributed by atoms with Crippen LogP contribution in [0.15, 0.2) is 18.2 Å². The van der Waals surface area contributed by atoms with Crippen molar-refractivity contribution in [2.45, 2.75) is 25.4 Å². The van der Waals surface area contributed by atoms with E-state index in [0.717, 1.165) is 28.7 Å². The van der Waals surface area contributed by atoms with Gasteiger partial charge in [0.1, 0.15) is 0 Å². The third-order valence-electron chi connectivity index (χ3n) is 5.78. The summed E-state index contributed by atoms with van der Waals surface area (Å²) in [7, 11) is 1.96. The number of rotatable bonds is 1. The monoisotopic (exact) mass is 296 g/mol. The predicted octanol–water partition coefficient (Wildman–Crippen LogP) is 1.62. The van der Waals surface area contributed by atoms with Gasteiger partial charge < -0.3 is 9.80 Å². The van der Waals surface area contributed by atoms with Crippen molar-refractivity contribution in [2.75, 3.05) is 19.6 Å². The molecule has 5 nitrogen and oxygen atoms in total. The lowest BCUT2D eigenvalue weighted by atomic mass is 9.82. The summed E-state index contributed by atoms with van der Waals surface area (Å²) >= 11 is 0. The Hall–Kier alpha value is -1.88. The van der Waals surface area contributed by atoms with E-state index in [4.69, 9.17) is 0 Å². The first-order chi connectivity index (χ1) is 10.7. The van der Waals surface area contributed by atoms with Gasteiger partial charge in [-0.25, -0.2) is 0 Å². The number of hydrogen-bond donors (Lipinski definition) is 0. The van der Waals surface area contributed by atoms with Gasteiger partial charge in [-0.15, -0.1) is 0 Å². The Balaban J connectivity index is 1.59. The molecule has 2 bridgehead atoms. The minimum atomic E-state index is 0.199. The maximum Gasteiger partial charge on any atom is 0.255 e. The van der Waals surface area contributed by atoms with Crippen LogP contribution >= 0.6 is 0 Å². The van der Waals surface area contributed by atoms with Crippen LogP contribution in [0.3, 0.4) is 0 Å². The molecule has 0 N–H and O–H groups in total. The summed E-state index contributed by atoms with van der Waals surface area (Å²) in [4.78, 5) is 17.7. The Labute approximate surface area is 129 Å². The molecule has 3 saturated heterocycles. The zero-order valence-corrected chi connectivity index (χ0v) is 12.8. The Kier molecular flexibility index (Phi) is 2.48. The van der Waals surface area contributed by atoms with E-state index in [2.05, 4.69) is 14.9 Å². The summed E-state index contributed by atoms with van der Waals surface area (Å²) in [6.07, 6.45) is 2.46. The fourth-order valence-electron chi connectivity index (χ4n) is 4.63. The second-order valence-electron chi connectivity index (χ2n) is 6.91. The first kappa shape index (κ1) is 12.6. The lowest BCUT2D eigenvalue weighted by Gasteiger charge is -2.49. The van der Waals surface area contributed by atoms with Crippen LogP contribution in [-0.4, -0.2) is 51.2 Å². The number of hydrogen-bond acceptors (Lipinski definition) is 3. The van der Waals surface area contributed by atoms with E-state index in [0.29, 0.717) is 18.5 Å². The molecular formula is C17H20N4O. The smallest absolute Gasteiger partial charge is 0.255 e. The molecule has 0 spiro atoms. The number of piperidine rings is 3. The molecule has 22 heavy (non-hydrogen) atoms. The van der Waals surface area contributed by atoms with Gasteiger partial charge in [0.25, 0.3) is 5.91 Å². The number of aryl methyl sites for hydroxylation is 1. The maximum atomic E-state index is 13.1. The normalized spacial score (nSPS) is 30.3. The van der Waals surface area contributed by atoms with Crippen LogP contribution in [0.2, 0.25) is 0 Å². The third kappa shape index (κ3) is 1.57. The largest absolute Gasteiger partial charge is 0.328 e. The van der Waals surface area contributed by atoms with Crippen LogP contribution in [0.1, 0.15) is 28.9 Å². The van der Waals surface area contributed by atoms with Crippen LogP contribution in [-0.2, 0) is 13.6 Å². The van der Waals surface area contributed by atoms with Crippen LogP contribution in [0, 0.1) is 5.92 Å². The summed E-state index contributed by atoms with van der Waals surface area (Å²) < 4.78 is 1.90. The molecule has 1 aromatic carbocycles. The van der Waals surface area contributed by atoms with Crippen molar-refractivity contribution in [1.82, 2.24) is 19.6 Å². The van der Waals surface area contributed by atoms with E-state index in [1.807, 2.05) is 29.9 Å². The van der Waals surface area contributed by atoms with Gasteiger partial charge in [-0.05, 0) is 44.0 Å². The Bertz CT molecular complexity index is 772. The van der Waals surface area contributed by atoms with Gasteiger partial charge in [0, 0.05) is 25.0 Å². The highest BCUT2D eigenvalue weighted by Crippen LogP contribution is 2.36. The Morgan fingerprint density at radius 2 is 2.05 bits per heavy atom. The first-order valence-corrected chi connectivity index (χ1v) is 8.20. The number of carbonyl (C=O) groups is 1. The topological polar surface area (TPSA) is 41.4 Å². The van der Waals surface area contributed by atoms with Crippen molar-refractivity contribution in [3.63, 3.8) is 0 Å². The molecule has 114 valence electrons. The lowest BCUT2D eigenvalue weighted by Crippen LogP contribution is -2.59. The van der Waals surface area contributed by atoms with Gasteiger partial charge in [0.05, 0.1) is 23.3 Å². The van der Waals surface area contributed by atoms with Crippen molar-refractivity contribution in [3.8, 4) is 0 Å². The predicted molar refractivity (Wildman–Crippen MR) is 83.5 cm³/mol. The second-order valence-corrected chi connectivity index (χ2v) is 6.91. The fraction of sp³-hybridized carbons (Fsp3) is 0.529. The van der Waals surface area contributed by atoms with E-state index in [-0.39, 0.29) is 5.91 Å². The molecule has 0 aliphatic carbocycles. The lowest BCUT2D eigenvalue weighted by molar-refractivity contribution is 0.00363. The van der Waals surface area contributed by atoms with Crippen LogP contribution in [0.5, 0.6) is 0 Å². The van der Waals surface area contributed by atoms with Gasteiger partial charge >= 0.3 is 0 Å². The second kappa shape index (κ2) is 4.32. The number of nitrogens with zero attached hydrogens (tertiary/aromatic N) is 4. The van der Waals surface area contributed by atoms with E-state index >= 15 is 0 Å². The molecule has 1 amide bonds. The summed E-state index contributed by atoms with van der Waals surface area (Å²) in [5.74, 6) is 0.864. The molecule has 0 radical (unpaired) electrons. The minimum absolute atomic E-state index is 0.199. The molecule has 0 saturated carbocycles. The fourth-order valence-corrected chi connectivity index (χ4v) is 4.63. The number of benzene rings is 1. The molecular weight excluding hydrogens is 276 g/mol. The molecule has 3 fully saturated rings. The number of aromatic nitrogens is 2. The summed E-state index contributed by atoms with van der Waals surface area (Å²) in [6.45, 7) is 4.11. The quantitative estimate of drug-likeness (QED) is 0.803.